The number of aryl methyl sites for hydroxylation is 1. The van der Waals surface area contributed by atoms with E-state index < -0.39 is 0 Å². The first-order chi connectivity index (χ1) is 13.5. The Morgan fingerprint density at radius 2 is 1.93 bits per heavy atom. The number of aromatic nitrogens is 2. The summed E-state index contributed by atoms with van der Waals surface area (Å²) in [6, 6.07) is 12.2. The van der Waals surface area contributed by atoms with E-state index in [1.807, 2.05) is 38.1 Å². The second-order valence-electron chi connectivity index (χ2n) is 6.44. The molecular weight excluding hydrogens is 379 g/mol. The fourth-order valence-electron chi connectivity index (χ4n) is 3.07. The van der Waals surface area contributed by atoms with Crippen molar-refractivity contribution in [1.29, 1.82) is 0 Å². The first-order valence-electron chi connectivity index (χ1n) is 8.76. The maximum Gasteiger partial charge on any atom is 0.231 e. The number of benzene rings is 2. The molecule has 8 heteroatoms. The van der Waals surface area contributed by atoms with Gasteiger partial charge in [-0.1, -0.05) is 18.2 Å². The van der Waals surface area contributed by atoms with E-state index in [2.05, 4.69) is 15.7 Å². The predicted molar refractivity (Wildman–Crippen MR) is 110 cm³/mol. The Bertz CT molecular complexity index is 1050. The quantitative estimate of drug-likeness (QED) is 0.642. The van der Waals surface area contributed by atoms with Crippen LogP contribution in [0.2, 0.25) is 0 Å². The number of anilines is 2. The van der Waals surface area contributed by atoms with E-state index in [4.69, 9.17) is 21.7 Å². The molecular formula is C20H19FN4O2S. The van der Waals surface area contributed by atoms with Crippen LogP contribution in [0.15, 0.2) is 42.5 Å². The molecule has 0 unspecified atom stereocenters. The van der Waals surface area contributed by atoms with Crippen molar-refractivity contribution in [2.24, 2.45) is 0 Å². The summed E-state index contributed by atoms with van der Waals surface area (Å²) < 4.78 is 26.4. The molecule has 0 spiro atoms. The Morgan fingerprint density at radius 1 is 1.14 bits per heavy atom. The lowest BCUT2D eigenvalue weighted by Gasteiger charge is -2.12. The van der Waals surface area contributed by atoms with Crippen molar-refractivity contribution >= 4 is 28.7 Å². The van der Waals surface area contributed by atoms with Gasteiger partial charge in [0.05, 0.1) is 23.6 Å². The minimum atomic E-state index is -0.246. The standard InChI is InChI=1S/C20H19FN4O2S/c1-12-19(13(2)25(24-12)10-14-5-3-4-6-16(14)21)23-20(28)22-15-7-8-17-18(9-15)27-11-26-17/h3-9H,10-11H2,1-2H3,(H2,22,23,28). The van der Waals surface area contributed by atoms with E-state index in [-0.39, 0.29) is 12.6 Å². The molecule has 0 amide bonds. The van der Waals surface area contributed by atoms with Crippen molar-refractivity contribution in [2.45, 2.75) is 20.4 Å². The summed E-state index contributed by atoms with van der Waals surface area (Å²) in [6.45, 7) is 4.38. The second-order valence-corrected chi connectivity index (χ2v) is 6.85. The average Bonchev–Trinajstić information content (AvgIpc) is 3.23. The normalized spacial score (nSPS) is 12.1. The molecule has 1 aromatic heterocycles. The molecule has 3 aromatic rings. The second kappa shape index (κ2) is 7.47. The Balaban J connectivity index is 1.48. The highest BCUT2D eigenvalue weighted by Gasteiger charge is 2.16. The zero-order valence-corrected chi connectivity index (χ0v) is 16.3. The van der Waals surface area contributed by atoms with Crippen molar-refractivity contribution in [3.05, 3.63) is 65.2 Å². The van der Waals surface area contributed by atoms with Crippen LogP contribution in [0.5, 0.6) is 11.5 Å². The number of thiocarbonyl (C=S) groups is 1. The van der Waals surface area contributed by atoms with Crippen LogP contribution in [0.1, 0.15) is 17.0 Å². The van der Waals surface area contributed by atoms with Crippen LogP contribution >= 0.6 is 12.2 Å². The third-order valence-corrected chi connectivity index (χ3v) is 4.73. The topological polar surface area (TPSA) is 60.3 Å². The summed E-state index contributed by atoms with van der Waals surface area (Å²) in [6.07, 6.45) is 0. The van der Waals surface area contributed by atoms with E-state index in [1.54, 1.807) is 16.8 Å². The van der Waals surface area contributed by atoms with Gasteiger partial charge in [0.15, 0.2) is 16.6 Å². The molecule has 28 heavy (non-hydrogen) atoms. The maximum atomic E-state index is 14.0. The minimum absolute atomic E-state index is 0.223. The average molecular weight is 398 g/mol. The van der Waals surface area contributed by atoms with E-state index in [1.165, 1.54) is 6.07 Å². The Hall–Kier alpha value is -3.13. The fraction of sp³-hybridized carbons (Fsp3) is 0.200. The van der Waals surface area contributed by atoms with Crippen LogP contribution < -0.4 is 20.1 Å². The number of nitrogens with zero attached hydrogens (tertiary/aromatic N) is 2. The van der Waals surface area contributed by atoms with Crippen molar-refractivity contribution in [1.82, 2.24) is 9.78 Å². The van der Waals surface area contributed by atoms with Crippen LogP contribution in [0.3, 0.4) is 0 Å². The van der Waals surface area contributed by atoms with Gasteiger partial charge in [0, 0.05) is 17.3 Å². The molecule has 4 rings (SSSR count). The number of hydrogen-bond acceptors (Lipinski definition) is 4. The van der Waals surface area contributed by atoms with Gasteiger partial charge in [0.25, 0.3) is 0 Å². The van der Waals surface area contributed by atoms with Gasteiger partial charge in [-0.05, 0) is 44.3 Å². The SMILES string of the molecule is Cc1nn(Cc2ccccc2F)c(C)c1NC(=S)Nc1ccc2c(c1)OCO2. The van der Waals surface area contributed by atoms with E-state index in [9.17, 15) is 4.39 Å². The molecule has 0 radical (unpaired) electrons. The summed E-state index contributed by atoms with van der Waals surface area (Å²) in [5.74, 6) is 1.15. The highest BCUT2D eigenvalue weighted by molar-refractivity contribution is 7.80. The molecule has 2 aromatic carbocycles. The van der Waals surface area contributed by atoms with Crippen molar-refractivity contribution < 1.29 is 13.9 Å². The summed E-state index contributed by atoms with van der Waals surface area (Å²) in [4.78, 5) is 0. The van der Waals surface area contributed by atoms with Crippen LogP contribution in [0.4, 0.5) is 15.8 Å². The molecule has 0 saturated carbocycles. The lowest BCUT2D eigenvalue weighted by molar-refractivity contribution is 0.174. The molecule has 1 aliphatic rings. The zero-order chi connectivity index (χ0) is 19.7. The molecule has 2 heterocycles. The molecule has 0 atom stereocenters. The largest absolute Gasteiger partial charge is 0.454 e. The molecule has 6 nitrogen and oxygen atoms in total. The van der Waals surface area contributed by atoms with E-state index >= 15 is 0 Å². The highest BCUT2D eigenvalue weighted by Crippen LogP contribution is 2.34. The van der Waals surface area contributed by atoms with Gasteiger partial charge >= 0.3 is 0 Å². The number of rotatable bonds is 4. The van der Waals surface area contributed by atoms with Gasteiger partial charge in [0.1, 0.15) is 5.82 Å². The van der Waals surface area contributed by atoms with Gasteiger partial charge < -0.3 is 20.1 Å². The number of hydrogen-bond donors (Lipinski definition) is 2. The summed E-state index contributed by atoms with van der Waals surface area (Å²) in [7, 11) is 0. The zero-order valence-electron chi connectivity index (χ0n) is 15.5. The first kappa shape index (κ1) is 18.2. The van der Waals surface area contributed by atoms with Crippen LogP contribution in [0, 0.1) is 19.7 Å². The molecule has 0 saturated heterocycles. The van der Waals surface area contributed by atoms with Crippen LogP contribution in [-0.4, -0.2) is 21.7 Å². The van der Waals surface area contributed by atoms with E-state index in [0.717, 1.165) is 22.8 Å². The minimum Gasteiger partial charge on any atom is -0.454 e. The Labute approximate surface area is 167 Å². The molecule has 144 valence electrons. The van der Waals surface area contributed by atoms with Crippen molar-refractivity contribution in [3.63, 3.8) is 0 Å². The summed E-state index contributed by atoms with van der Waals surface area (Å²) in [5, 5.41) is 11.3. The van der Waals surface area contributed by atoms with Crippen molar-refractivity contribution in [3.8, 4) is 11.5 Å². The lowest BCUT2D eigenvalue weighted by atomic mass is 10.2. The smallest absolute Gasteiger partial charge is 0.231 e. The van der Waals surface area contributed by atoms with Crippen LogP contribution in [0.25, 0.3) is 0 Å². The fourth-order valence-corrected chi connectivity index (χ4v) is 3.29. The van der Waals surface area contributed by atoms with Crippen molar-refractivity contribution in [2.75, 3.05) is 17.4 Å². The summed E-state index contributed by atoms with van der Waals surface area (Å²) >= 11 is 5.43. The molecule has 0 fully saturated rings. The molecule has 2 N–H and O–H groups in total. The van der Waals surface area contributed by atoms with Crippen LogP contribution in [-0.2, 0) is 6.54 Å². The Kier molecular flexibility index (Phi) is 4.87. The molecule has 0 bridgehead atoms. The van der Waals surface area contributed by atoms with Gasteiger partial charge in [-0.25, -0.2) is 4.39 Å². The van der Waals surface area contributed by atoms with Gasteiger partial charge in [-0.3, -0.25) is 4.68 Å². The number of fused-ring (bicyclic) bond motifs is 1. The van der Waals surface area contributed by atoms with Gasteiger partial charge in [0.2, 0.25) is 6.79 Å². The number of nitrogens with one attached hydrogen (secondary N) is 2. The van der Waals surface area contributed by atoms with Gasteiger partial charge in [-0.15, -0.1) is 0 Å². The monoisotopic (exact) mass is 398 g/mol. The lowest BCUT2D eigenvalue weighted by Crippen LogP contribution is -2.20. The highest BCUT2D eigenvalue weighted by atomic mass is 32.1. The summed E-state index contributed by atoms with van der Waals surface area (Å²) in [5.41, 5.74) is 3.82. The predicted octanol–water partition coefficient (Wildman–Crippen LogP) is 4.22. The molecule has 1 aliphatic heterocycles. The maximum absolute atomic E-state index is 14.0. The third kappa shape index (κ3) is 3.63. The molecule has 0 aliphatic carbocycles. The first-order valence-corrected chi connectivity index (χ1v) is 9.17. The number of ether oxygens (including phenoxy) is 2. The van der Waals surface area contributed by atoms with Gasteiger partial charge in [-0.2, -0.15) is 5.10 Å². The van der Waals surface area contributed by atoms with E-state index in [0.29, 0.717) is 28.7 Å². The third-order valence-electron chi connectivity index (χ3n) is 4.53. The Morgan fingerprint density at radius 3 is 2.75 bits per heavy atom. The number of halogens is 1.